The molecule has 0 saturated heterocycles. The van der Waals surface area contributed by atoms with Crippen molar-refractivity contribution < 1.29 is 9.47 Å². The quantitative estimate of drug-likeness (QED) is 0.375. The molecular formula is C19H30N6O2. The summed E-state index contributed by atoms with van der Waals surface area (Å²) in [6.07, 6.45) is 0.899. The molecule has 0 unspecified atom stereocenters. The van der Waals surface area contributed by atoms with E-state index in [0.29, 0.717) is 26.3 Å². The van der Waals surface area contributed by atoms with Crippen LogP contribution in [-0.2, 0) is 24.9 Å². The predicted octanol–water partition coefficient (Wildman–Crippen LogP) is 1.79. The van der Waals surface area contributed by atoms with Gasteiger partial charge in [0.05, 0.1) is 19.7 Å². The number of methoxy groups -OCH3 is 1. The Labute approximate surface area is 161 Å². The minimum Gasteiger partial charge on any atom is -0.494 e. The fraction of sp³-hybridized carbons (Fsp3) is 0.526. The number of guanidine groups is 1. The van der Waals surface area contributed by atoms with E-state index in [4.69, 9.17) is 14.5 Å². The first-order chi connectivity index (χ1) is 13.2. The van der Waals surface area contributed by atoms with Crippen LogP contribution in [0.4, 0.5) is 0 Å². The van der Waals surface area contributed by atoms with Gasteiger partial charge in [0.2, 0.25) is 0 Å². The zero-order valence-corrected chi connectivity index (χ0v) is 16.7. The number of aryl methyl sites for hydroxylation is 1. The summed E-state index contributed by atoms with van der Waals surface area (Å²) in [5.41, 5.74) is 1.05. The van der Waals surface area contributed by atoms with Gasteiger partial charge < -0.3 is 24.7 Å². The molecule has 0 bridgehead atoms. The van der Waals surface area contributed by atoms with E-state index in [2.05, 4.69) is 20.8 Å². The number of rotatable bonds is 10. The van der Waals surface area contributed by atoms with Crippen LogP contribution in [-0.4, -0.2) is 47.6 Å². The first kappa shape index (κ1) is 20.7. The second-order valence-corrected chi connectivity index (χ2v) is 6.05. The standard InChI is InChI=1S/C19H30N6O2/c1-5-27-17-10-7-6-9-16(17)13-21-19(20-11-8-12-26-4)22-14-18-24-23-15(2)25(18)3/h6-7,9-10H,5,8,11-14H2,1-4H3,(H2,20,21,22). The van der Waals surface area contributed by atoms with E-state index < -0.39 is 0 Å². The van der Waals surface area contributed by atoms with Gasteiger partial charge in [-0.3, -0.25) is 0 Å². The molecule has 0 radical (unpaired) electrons. The Bertz CT molecular complexity index is 729. The number of aliphatic imine (C=N–C) groups is 1. The topological polar surface area (TPSA) is 85.6 Å². The number of hydrogen-bond acceptors (Lipinski definition) is 5. The Morgan fingerprint density at radius 2 is 2.04 bits per heavy atom. The fourth-order valence-corrected chi connectivity index (χ4v) is 2.46. The maximum absolute atomic E-state index is 5.68. The Morgan fingerprint density at radius 1 is 1.22 bits per heavy atom. The second kappa shape index (κ2) is 11.2. The third-order valence-electron chi connectivity index (χ3n) is 4.09. The molecule has 2 N–H and O–H groups in total. The van der Waals surface area contributed by atoms with Gasteiger partial charge in [0, 0.05) is 32.9 Å². The van der Waals surface area contributed by atoms with Gasteiger partial charge >= 0.3 is 0 Å². The number of benzene rings is 1. The molecule has 1 aromatic carbocycles. The van der Waals surface area contributed by atoms with Crippen molar-refractivity contribution in [2.45, 2.75) is 33.4 Å². The van der Waals surface area contributed by atoms with E-state index in [1.807, 2.05) is 49.7 Å². The molecule has 0 aliphatic rings. The first-order valence-electron chi connectivity index (χ1n) is 9.22. The minimum atomic E-state index is 0.521. The molecule has 0 spiro atoms. The highest BCUT2D eigenvalue weighted by molar-refractivity contribution is 5.79. The minimum absolute atomic E-state index is 0.521. The third-order valence-corrected chi connectivity index (χ3v) is 4.09. The summed E-state index contributed by atoms with van der Waals surface area (Å²) < 4.78 is 12.7. The van der Waals surface area contributed by atoms with E-state index in [1.54, 1.807) is 7.11 Å². The summed E-state index contributed by atoms with van der Waals surface area (Å²) in [7, 11) is 3.65. The summed E-state index contributed by atoms with van der Waals surface area (Å²) in [5, 5.41) is 14.9. The summed E-state index contributed by atoms with van der Waals surface area (Å²) in [5.74, 6) is 3.32. The lowest BCUT2D eigenvalue weighted by Gasteiger charge is -2.13. The molecular weight excluding hydrogens is 344 g/mol. The number of aromatic nitrogens is 3. The third kappa shape index (κ3) is 6.56. The normalized spacial score (nSPS) is 11.5. The molecule has 1 heterocycles. The van der Waals surface area contributed by atoms with Gasteiger partial charge in [-0.05, 0) is 26.3 Å². The van der Waals surface area contributed by atoms with Crippen molar-refractivity contribution in [3.05, 3.63) is 41.5 Å². The van der Waals surface area contributed by atoms with E-state index in [9.17, 15) is 0 Å². The number of hydrogen-bond donors (Lipinski definition) is 2. The molecule has 0 saturated carbocycles. The van der Waals surface area contributed by atoms with Crippen molar-refractivity contribution in [2.75, 3.05) is 26.9 Å². The van der Waals surface area contributed by atoms with Gasteiger partial charge in [0.25, 0.3) is 0 Å². The van der Waals surface area contributed by atoms with Crippen LogP contribution in [0.1, 0.15) is 30.6 Å². The lowest BCUT2D eigenvalue weighted by atomic mass is 10.2. The monoisotopic (exact) mass is 374 g/mol. The van der Waals surface area contributed by atoms with Gasteiger partial charge in [-0.2, -0.15) is 0 Å². The van der Waals surface area contributed by atoms with Crippen LogP contribution in [0.25, 0.3) is 0 Å². The maximum atomic E-state index is 5.68. The van der Waals surface area contributed by atoms with Crippen LogP contribution < -0.4 is 15.4 Å². The van der Waals surface area contributed by atoms with E-state index in [1.165, 1.54) is 0 Å². The molecule has 148 valence electrons. The van der Waals surface area contributed by atoms with Crippen molar-refractivity contribution in [1.29, 1.82) is 0 Å². The molecule has 0 fully saturated rings. The number of ether oxygens (including phenoxy) is 2. The molecule has 8 nitrogen and oxygen atoms in total. The zero-order chi connectivity index (χ0) is 19.5. The average molecular weight is 374 g/mol. The molecule has 1 aromatic heterocycles. The zero-order valence-electron chi connectivity index (χ0n) is 16.7. The Kier molecular flexibility index (Phi) is 8.57. The number of nitrogens with one attached hydrogen (secondary N) is 2. The summed E-state index contributed by atoms with van der Waals surface area (Å²) in [6.45, 7) is 7.08. The van der Waals surface area contributed by atoms with Crippen molar-refractivity contribution in [2.24, 2.45) is 12.0 Å². The number of para-hydroxylation sites is 1. The molecule has 27 heavy (non-hydrogen) atoms. The van der Waals surface area contributed by atoms with Gasteiger partial charge in [0.1, 0.15) is 11.6 Å². The van der Waals surface area contributed by atoms with Gasteiger partial charge in [0.15, 0.2) is 11.8 Å². The highest BCUT2D eigenvalue weighted by Crippen LogP contribution is 2.18. The van der Waals surface area contributed by atoms with Crippen molar-refractivity contribution in [3.63, 3.8) is 0 Å². The Morgan fingerprint density at radius 3 is 2.74 bits per heavy atom. The van der Waals surface area contributed by atoms with E-state index in [-0.39, 0.29) is 0 Å². The molecule has 8 heteroatoms. The molecule has 0 aliphatic carbocycles. The van der Waals surface area contributed by atoms with Crippen LogP contribution in [0.5, 0.6) is 5.75 Å². The van der Waals surface area contributed by atoms with Gasteiger partial charge in [-0.15, -0.1) is 10.2 Å². The van der Waals surface area contributed by atoms with Crippen molar-refractivity contribution >= 4 is 5.96 Å². The maximum Gasteiger partial charge on any atom is 0.191 e. The average Bonchev–Trinajstić information content (AvgIpc) is 3.00. The summed E-state index contributed by atoms with van der Waals surface area (Å²) >= 11 is 0. The van der Waals surface area contributed by atoms with Crippen LogP contribution in [0.3, 0.4) is 0 Å². The molecule has 2 rings (SSSR count). The Balaban J connectivity index is 2.04. The SMILES string of the molecule is CCOc1ccccc1CN=C(NCCCOC)NCc1nnc(C)n1C. The lowest BCUT2D eigenvalue weighted by molar-refractivity contribution is 0.195. The van der Waals surface area contributed by atoms with Crippen LogP contribution in [0.2, 0.25) is 0 Å². The van der Waals surface area contributed by atoms with Crippen molar-refractivity contribution in [1.82, 2.24) is 25.4 Å². The highest BCUT2D eigenvalue weighted by atomic mass is 16.5. The fourth-order valence-electron chi connectivity index (χ4n) is 2.46. The molecule has 0 atom stereocenters. The van der Waals surface area contributed by atoms with Crippen LogP contribution in [0, 0.1) is 6.92 Å². The second-order valence-electron chi connectivity index (χ2n) is 6.05. The molecule has 0 amide bonds. The van der Waals surface area contributed by atoms with Gasteiger partial charge in [-0.25, -0.2) is 4.99 Å². The lowest BCUT2D eigenvalue weighted by Crippen LogP contribution is -2.38. The molecule has 0 aliphatic heterocycles. The molecule has 2 aromatic rings. The summed E-state index contributed by atoms with van der Waals surface area (Å²) in [4.78, 5) is 4.70. The van der Waals surface area contributed by atoms with Crippen LogP contribution in [0.15, 0.2) is 29.3 Å². The van der Waals surface area contributed by atoms with E-state index >= 15 is 0 Å². The first-order valence-corrected chi connectivity index (χ1v) is 9.22. The number of nitrogens with zero attached hydrogens (tertiary/aromatic N) is 4. The largest absolute Gasteiger partial charge is 0.494 e. The van der Waals surface area contributed by atoms with E-state index in [0.717, 1.165) is 41.9 Å². The predicted molar refractivity (Wildman–Crippen MR) is 106 cm³/mol. The van der Waals surface area contributed by atoms with Gasteiger partial charge in [-0.1, -0.05) is 18.2 Å². The smallest absolute Gasteiger partial charge is 0.191 e. The Hall–Kier alpha value is -2.61. The van der Waals surface area contributed by atoms with Crippen LogP contribution >= 0.6 is 0 Å². The summed E-state index contributed by atoms with van der Waals surface area (Å²) in [6, 6.07) is 7.96. The van der Waals surface area contributed by atoms with Crippen molar-refractivity contribution in [3.8, 4) is 5.75 Å². The highest BCUT2D eigenvalue weighted by Gasteiger charge is 2.07.